The Kier molecular flexibility index (Phi) is 6.58. The molecular weight excluding hydrogens is 230 g/mol. The van der Waals surface area contributed by atoms with Crippen LogP contribution in [0.2, 0.25) is 0 Å². The number of rotatable bonds is 8. The quantitative estimate of drug-likeness (QED) is 0.434. The summed E-state index contributed by atoms with van der Waals surface area (Å²) < 4.78 is 10.1. The minimum Gasteiger partial charge on any atom is -0.489 e. The fourth-order valence-corrected chi connectivity index (χ4v) is 1.45. The maximum Gasteiger partial charge on any atom is 0.306 e. The van der Waals surface area contributed by atoms with Crippen LogP contribution >= 0.6 is 0 Å². The van der Waals surface area contributed by atoms with E-state index < -0.39 is 0 Å². The summed E-state index contributed by atoms with van der Waals surface area (Å²) in [5.74, 6) is 0.627. The second kappa shape index (κ2) is 8.31. The van der Waals surface area contributed by atoms with Gasteiger partial charge in [0, 0.05) is 18.7 Å². The number of ether oxygens (including phenoxy) is 2. The molecule has 4 nitrogen and oxygen atoms in total. The number of hydrogen-bond acceptors (Lipinski definition) is 4. The van der Waals surface area contributed by atoms with Gasteiger partial charge >= 0.3 is 5.97 Å². The molecule has 1 N–H and O–H groups in total. The molecule has 18 heavy (non-hydrogen) atoms. The standard InChI is InChI=1S/C14H19NO3/c1-3-10-18-13-7-5-4-6-12(13)11-15-9-8-14(16)17-2/h3-7,15H,1,8-11H2,2H3. The number of benzene rings is 1. The van der Waals surface area contributed by atoms with Crippen molar-refractivity contribution in [1.82, 2.24) is 5.32 Å². The van der Waals surface area contributed by atoms with Gasteiger partial charge in [-0.15, -0.1) is 0 Å². The molecule has 0 aromatic heterocycles. The summed E-state index contributed by atoms with van der Waals surface area (Å²) >= 11 is 0. The van der Waals surface area contributed by atoms with Gasteiger partial charge < -0.3 is 14.8 Å². The summed E-state index contributed by atoms with van der Waals surface area (Å²) in [7, 11) is 1.39. The molecule has 1 aromatic rings. The van der Waals surface area contributed by atoms with Crippen LogP contribution in [-0.2, 0) is 16.1 Å². The molecule has 0 amide bonds. The van der Waals surface area contributed by atoms with Gasteiger partial charge in [0.05, 0.1) is 13.5 Å². The molecule has 4 heteroatoms. The Balaban J connectivity index is 2.41. The molecule has 0 fully saturated rings. The van der Waals surface area contributed by atoms with E-state index in [0.29, 0.717) is 26.1 Å². The molecule has 0 atom stereocenters. The van der Waals surface area contributed by atoms with Crippen LogP contribution in [0.4, 0.5) is 0 Å². The molecule has 0 aliphatic rings. The number of methoxy groups -OCH3 is 1. The Morgan fingerprint density at radius 1 is 1.44 bits per heavy atom. The topological polar surface area (TPSA) is 47.6 Å². The van der Waals surface area contributed by atoms with Crippen molar-refractivity contribution >= 4 is 5.97 Å². The highest BCUT2D eigenvalue weighted by atomic mass is 16.5. The van der Waals surface area contributed by atoms with Crippen molar-refractivity contribution in [1.29, 1.82) is 0 Å². The lowest BCUT2D eigenvalue weighted by molar-refractivity contribution is -0.140. The Bertz CT molecular complexity index is 390. The summed E-state index contributed by atoms with van der Waals surface area (Å²) in [6.07, 6.45) is 2.08. The van der Waals surface area contributed by atoms with E-state index in [-0.39, 0.29) is 5.97 Å². The monoisotopic (exact) mass is 249 g/mol. The van der Waals surface area contributed by atoms with Crippen LogP contribution in [0, 0.1) is 0 Å². The van der Waals surface area contributed by atoms with Crippen molar-refractivity contribution in [2.24, 2.45) is 0 Å². The average molecular weight is 249 g/mol. The number of carbonyl (C=O) groups excluding carboxylic acids is 1. The first-order valence-electron chi connectivity index (χ1n) is 5.87. The third-order valence-corrected chi connectivity index (χ3v) is 2.38. The molecule has 0 spiro atoms. The number of esters is 1. The molecule has 0 aliphatic carbocycles. The summed E-state index contributed by atoms with van der Waals surface area (Å²) in [6, 6.07) is 7.79. The van der Waals surface area contributed by atoms with Crippen molar-refractivity contribution in [3.8, 4) is 5.75 Å². The third-order valence-electron chi connectivity index (χ3n) is 2.38. The lowest BCUT2D eigenvalue weighted by Crippen LogP contribution is -2.18. The predicted molar refractivity (Wildman–Crippen MR) is 70.5 cm³/mol. The van der Waals surface area contributed by atoms with Gasteiger partial charge in [-0.3, -0.25) is 4.79 Å². The Labute approximate surface area is 108 Å². The normalized spacial score (nSPS) is 9.83. The molecular formula is C14H19NO3. The second-order valence-electron chi connectivity index (χ2n) is 3.71. The molecule has 0 aliphatic heterocycles. The van der Waals surface area contributed by atoms with E-state index in [1.807, 2.05) is 24.3 Å². The first-order chi connectivity index (χ1) is 8.77. The molecule has 0 saturated carbocycles. The summed E-state index contributed by atoms with van der Waals surface area (Å²) in [6.45, 7) is 5.35. The molecule has 0 unspecified atom stereocenters. The van der Waals surface area contributed by atoms with E-state index in [1.54, 1.807) is 6.08 Å². The van der Waals surface area contributed by atoms with E-state index in [0.717, 1.165) is 11.3 Å². The smallest absolute Gasteiger partial charge is 0.306 e. The zero-order valence-electron chi connectivity index (χ0n) is 10.6. The van der Waals surface area contributed by atoms with Crippen LogP contribution in [0.5, 0.6) is 5.75 Å². The summed E-state index contributed by atoms with van der Waals surface area (Å²) in [4.78, 5) is 10.9. The van der Waals surface area contributed by atoms with Gasteiger partial charge in [0.2, 0.25) is 0 Å². The van der Waals surface area contributed by atoms with E-state index in [2.05, 4.69) is 16.6 Å². The molecule has 98 valence electrons. The van der Waals surface area contributed by atoms with Gasteiger partial charge in [0.15, 0.2) is 0 Å². The fourth-order valence-electron chi connectivity index (χ4n) is 1.45. The van der Waals surface area contributed by atoms with E-state index >= 15 is 0 Å². The molecule has 1 aromatic carbocycles. The fraction of sp³-hybridized carbons (Fsp3) is 0.357. The number of nitrogens with one attached hydrogen (secondary N) is 1. The molecule has 0 radical (unpaired) electrons. The maximum atomic E-state index is 10.9. The van der Waals surface area contributed by atoms with Gasteiger partial charge in [-0.2, -0.15) is 0 Å². The Morgan fingerprint density at radius 2 is 2.22 bits per heavy atom. The van der Waals surface area contributed by atoms with Gasteiger partial charge in [0.1, 0.15) is 12.4 Å². The molecule has 0 bridgehead atoms. The van der Waals surface area contributed by atoms with E-state index in [9.17, 15) is 4.79 Å². The van der Waals surface area contributed by atoms with Gasteiger partial charge in [-0.1, -0.05) is 30.9 Å². The average Bonchev–Trinajstić information content (AvgIpc) is 2.42. The van der Waals surface area contributed by atoms with Crippen LogP contribution in [0.3, 0.4) is 0 Å². The largest absolute Gasteiger partial charge is 0.489 e. The van der Waals surface area contributed by atoms with Crippen LogP contribution in [-0.4, -0.2) is 26.2 Å². The minimum atomic E-state index is -0.210. The minimum absolute atomic E-state index is 0.210. The zero-order valence-corrected chi connectivity index (χ0v) is 10.6. The third kappa shape index (κ3) is 5.01. The van der Waals surface area contributed by atoms with E-state index in [4.69, 9.17) is 4.74 Å². The van der Waals surface area contributed by atoms with Crippen molar-refractivity contribution < 1.29 is 14.3 Å². The zero-order chi connectivity index (χ0) is 13.2. The molecule has 0 heterocycles. The van der Waals surface area contributed by atoms with Gasteiger partial charge in [0.25, 0.3) is 0 Å². The van der Waals surface area contributed by atoms with Crippen LogP contribution in [0.1, 0.15) is 12.0 Å². The number of hydrogen-bond donors (Lipinski definition) is 1. The van der Waals surface area contributed by atoms with Crippen molar-refractivity contribution in [2.45, 2.75) is 13.0 Å². The van der Waals surface area contributed by atoms with Gasteiger partial charge in [-0.05, 0) is 6.07 Å². The number of para-hydroxylation sites is 1. The van der Waals surface area contributed by atoms with Crippen LogP contribution in [0.15, 0.2) is 36.9 Å². The summed E-state index contributed by atoms with van der Waals surface area (Å²) in [5, 5.41) is 3.18. The van der Waals surface area contributed by atoms with Crippen molar-refractivity contribution in [2.75, 3.05) is 20.3 Å². The van der Waals surface area contributed by atoms with E-state index in [1.165, 1.54) is 7.11 Å². The highest BCUT2D eigenvalue weighted by molar-refractivity contribution is 5.69. The number of carbonyl (C=O) groups is 1. The van der Waals surface area contributed by atoms with Crippen LogP contribution in [0.25, 0.3) is 0 Å². The maximum absolute atomic E-state index is 10.9. The van der Waals surface area contributed by atoms with Crippen LogP contribution < -0.4 is 10.1 Å². The van der Waals surface area contributed by atoms with Crippen molar-refractivity contribution in [3.63, 3.8) is 0 Å². The second-order valence-corrected chi connectivity index (χ2v) is 3.71. The van der Waals surface area contributed by atoms with Gasteiger partial charge in [-0.25, -0.2) is 0 Å². The Hall–Kier alpha value is -1.81. The SMILES string of the molecule is C=CCOc1ccccc1CNCCC(=O)OC. The highest BCUT2D eigenvalue weighted by Gasteiger charge is 2.03. The first kappa shape index (κ1) is 14.3. The lowest BCUT2D eigenvalue weighted by Gasteiger charge is -2.10. The Morgan fingerprint density at radius 3 is 2.94 bits per heavy atom. The molecule has 1 rings (SSSR count). The predicted octanol–water partition coefficient (Wildman–Crippen LogP) is 1.90. The lowest BCUT2D eigenvalue weighted by atomic mass is 10.2. The summed E-state index contributed by atoms with van der Waals surface area (Å²) in [5.41, 5.74) is 1.06. The molecule has 0 saturated heterocycles. The van der Waals surface area contributed by atoms with Crippen molar-refractivity contribution in [3.05, 3.63) is 42.5 Å². The highest BCUT2D eigenvalue weighted by Crippen LogP contribution is 2.17. The first-order valence-corrected chi connectivity index (χ1v) is 5.87.